The number of guanidine groups is 1. The molecule has 1 aliphatic carbocycles. The fourth-order valence-electron chi connectivity index (χ4n) is 4.89. The molecule has 2 N–H and O–H groups in total. The van der Waals surface area contributed by atoms with Crippen molar-refractivity contribution < 1.29 is 9.47 Å². The van der Waals surface area contributed by atoms with Crippen LogP contribution in [-0.2, 0) is 11.3 Å². The van der Waals surface area contributed by atoms with Gasteiger partial charge in [0.2, 0.25) is 0 Å². The lowest BCUT2D eigenvalue weighted by atomic mass is 9.95. The highest BCUT2D eigenvalue weighted by Gasteiger charge is 2.40. The van der Waals surface area contributed by atoms with Crippen molar-refractivity contribution in [3.8, 4) is 5.75 Å². The van der Waals surface area contributed by atoms with Gasteiger partial charge in [0, 0.05) is 50.1 Å². The largest absolute Gasteiger partial charge is 0.490 e. The lowest BCUT2D eigenvalue weighted by Gasteiger charge is -2.43. The third kappa shape index (κ3) is 6.67. The second-order valence-electron chi connectivity index (χ2n) is 9.04. The van der Waals surface area contributed by atoms with E-state index in [-0.39, 0.29) is 29.5 Å². The van der Waals surface area contributed by atoms with Crippen molar-refractivity contribution in [2.45, 2.75) is 57.2 Å². The zero-order chi connectivity index (χ0) is 21.5. The Morgan fingerprint density at radius 1 is 1.25 bits per heavy atom. The number of nitrogens with zero attached hydrogens (tertiary/aromatic N) is 2. The number of hydrogen-bond acceptors (Lipinski definition) is 5. The van der Waals surface area contributed by atoms with Crippen molar-refractivity contribution in [1.29, 1.82) is 0 Å². The van der Waals surface area contributed by atoms with Gasteiger partial charge in [-0.3, -0.25) is 9.89 Å². The summed E-state index contributed by atoms with van der Waals surface area (Å²) >= 11 is 2.06. The molecule has 3 aliphatic rings. The van der Waals surface area contributed by atoms with Crippen LogP contribution in [0.25, 0.3) is 0 Å². The van der Waals surface area contributed by atoms with Gasteiger partial charge >= 0.3 is 0 Å². The zero-order valence-electron chi connectivity index (χ0n) is 19.5. The van der Waals surface area contributed by atoms with Crippen LogP contribution in [0.4, 0.5) is 0 Å². The van der Waals surface area contributed by atoms with E-state index >= 15 is 0 Å². The maximum Gasteiger partial charge on any atom is 0.191 e. The van der Waals surface area contributed by atoms with Crippen LogP contribution in [0, 0.1) is 6.92 Å². The molecule has 2 saturated heterocycles. The highest BCUT2D eigenvalue weighted by molar-refractivity contribution is 14.0. The molecule has 0 spiro atoms. The second kappa shape index (κ2) is 12.7. The molecule has 0 radical (unpaired) electrons. The van der Waals surface area contributed by atoms with Crippen LogP contribution in [0.15, 0.2) is 23.2 Å². The van der Waals surface area contributed by atoms with E-state index in [1.54, 1.807) is 0 Å². The average Bonchev–Trinajstić information content (AvgIpc) is 3.49. The minimum atomic E-state index is 0. The van der Waals surface area contributed by atoms with Crippen LogP contribution >= 0.6 is 35.7 Å². The Morgan fingerprint density at radius 2 is 2.03 bits per heavy atom. The molecule has 3 fully saturated rings. The summed E-state index contributed by atoms with van der Waals surface area (Å²) in [5.74, 6) is 4.29. The predicted octanol–water partition coefficient (Wildman–Crippen LogP) is 3.81. The molecule has 1 aromatic rings. The van der Waals surface area contributed by atoms with E-state index in [2.05, 4.69) is 57.4 Å². The van der Waals surface area contributed by atoms with E-state index in [4.69, 9.17) is 9.47 Å². The lowest BCUT2D eigenvalue weighted by molar-refractivity contribution is -0.0120. The van der Waals surface area contributed by atoms with E-state index in [1.807, 2.05) is 7.05 Å². The first-order chi connectivity index (χ1) is 15.2. The molecule has 0 aromatic heterocycles. The Kier molecular flexibility index (Phi) is 10.3. The van der Waals surface area contributed by atoms with Gasteiger partial charge in [0.05, 0.1) is 19.3 Å². The highest BCUT2D eigenvalue weighted by atomic mass is 127. The Hall–Kier alpha value is -0.710. The van der Waals surface area contributed by atoms with Crippen molar-refractivity contribution >= 4 is 41.7 Å². The van der Waals surface area contributed by atoms with Gasteiger partial charge in [-0.05, 0) is 56.4 Å². The maximum atomic E-state index is 6.37. The zero-order valence-corrected chi connectivity index (χ0v) is 22.7. The third-order valence-corrected chi connectivity index (χ3v) is 8.07. The molecule has 1 saturated carbocycles. The van der Waals surface area contributed by atoms with E-state index in [9.17, 15) is 0 Å². The Labute approximate surface area is 214 Å². The summed E-state index contributed by atoms with van der Waals surface area (Å²) in [7, 11) is 1.85. The second-order valence-corrected chi connectivity index (χ2v) is 10.1. The number of aryl methyl sites for hydroxylation is 1. The van der Waals surface area contributed by atoms with E-state index in [0.717, 1.165) is 44.6 Å². The minimum absolute atomic E-state index is 0. The molecule has 32 heavy (non-hydrogen) atoms. The topological polar surface area (TPSA) is 58.1 Å². The van der Waals surface area contributed by atoms with E-state index in [1.165, 1.54) is 54.7 Å². The molecule has 1 atom stereocenters. The van der Waals surface area contributed by atoms with Crippen LogP contribution in [0.2, 0.25) is 0 Å². The van der Waals surface area contributed by atoms with Gasteiger partial charge in [-0.2, -0.15) is 11.8 Å². The van der Waals surface area contributed by atoms with Crippen molar-refractivity contribution in [3.05, 3.63) is 29.3 Å². The minimum Gasteiger partial charge on any atom is -0.490 e. The normalized spacial score (nSPS) is 24.9. The van der Waals surface area contributed by atoms with Gasteiger partial charge in [-0.15, -0.1) is 24.0 Å². The first-order valence-corrected chi connectivity index (χ1v) is 13.0. The Morgan fingerprint density at radius 3 is 2.72 bits per heavy atom. The third-order valence-electron chi connectivity index (χ3n) is 6.84. The van der Waals surface area contributed by atoms with Crippen molar-refractivity contribution in [2.24, 2.45) is 4.99 Å². The van der Waals surface area contributed by atoms with Gasteiger partial charge in [0.25, 0.3) is 0 Å². The summed E-state index contributed by atoms with van der Waals surface area (Å²) in [5.41, 5.74) is 2.64. The number of aliphatic imine (C=N–C) groups is 1. The molecule has 2 aliphatic heterocycles. The first kappa shape index (κ1) is 25.9. The van der Waals surface area contributed by atoms with E-state index in [0.29, 0.717) is 12.6 Å². The van der Waals surface area contributed by atoms with Gasteiger partial charge < -0.3 is 20.1 Å². The van der Waals surface area contributed by atoms with Crippen LogP contribution in [0.5, 0.6) is 5.75 Å². The molecule has 8 heteroatoms. The summed E-state index contributed by atoms with van der Waals surface area (Å²) in [4.78, 5) is 7.12. The number of halogens is 1. The Balaban J connectivity index is 0.00000289. The summed E-state index contributed by atoms with van der Waals surface area (Å²) in [6.45, 7) is 7.50. The molecular formula is C24H39IN4O2S. The van der Waals surface area contributed by atoms with Crippen molar-refractivity contribution in [2.75, 3.05) is 51.4 Å². The summed E-state index contributed by atoms with van der Waals surface area (Å²) in [6, 6.07) is 6.52. The fourth-order valence-corrected chi connectivity index (χ4v) is 6.36. The fraction of sp³-hybridized carbons (Fsp3) is 0.708. The highest BCUT2D eigenvalue weighted by Crippen LogP contribution is 2.33. The monoisotopic (exact) mass is 574 g/mol. The predicted molar refractivity (Wildman–Crippen MR) is 145 cm³/mol. The van der Waals surface area contributed by atoms with E-state index < -0.39 is 0 Å². The number of morpholine rings is 1. The number of nitrogens with one attached hydrogen (secondary N) is 2. The standard InChI is InChI=1S/C24H38N4O2S.HI/c1-19-7-8-20(22(15-19)30-21-5-3-4-6-21)16-26-23(25-2)27-17-24(9-14-31-18-24)28-10-12-29-13-11-28;/h7-8,15,21H,3-6,9-14,16-18H2,1-2H3,(H2,25,26,27);1H. The molecule has 0 amide bonds. The molecule has 2 heterocycles. The lowest BCUT2D eigenvalue weighted by Crippen LogP contribution is -2.60. The number of thioether (sulfide) groups is 1. The quantitative estimate of drug-likeness (QED) is 0.294. The molecule has 180 valence electrons. The maximum absolute atomic E-state index is 6.37. The van der Waals surface area contributed by atoms with Crippen molar-refractivity contribution in [1.82, 2.24) is 15.5 Å². The molecule has 4 rings (SSSR count). The van der Waals surface area contributed by atoms with Crippen LogP contribution in [0.3, 0.4) is 0 Å². The smallest absolute Gasteiger partial charge is 0.191 e. The SMILES string of the molecule is CN=C(NCc1ccc(C)cc1OC1CCCC1)NCC1(N2CCOCC2)CCSC1.I. The van der Waals surface area contributed by atoms with Crippen LogP contribution < -0.4 is 15.4 Å². The van der Waals surface area contributed by atoms with Crippen LogP contribution in [-0.4, -0.2) is 73.9 Å². The van der Waals surface area contributed by atoms with Gasteiger partial charge in [0.1, 0.15) is 5.75 Å². The molecule has 0 bridgehead atoms. The van der Waals surface area contributed by atoms with Gasteiger partial charge in [-0.1, -0.05) is 12.1 Å². The summed E-state index contributed by atoms with van der Waals surface area (Å²) in [6.07, 6.45) is 6.50. The molecule has 1 unspecified atom stereocenters. The van der Waals surface area contributed by atoms with Crippen molar-refractivity contribution in [3.63, 3.8) is 0 Å². The molecular weight excluding hydrogens is 535 g/mol. The Bertz CT molecular complexity index is 746. The first-order valence-electron chi connectivity index (χ1n) is 11.8. The summed E-state index contributed by atoms with van der Waals surface area (Å²) < 4.78 is 12.0. The number of rotatable bonds is 7. The summed E-state index contributed by atoms with van der Waals surface area (Å²) in [5, 5.41) is 7.15. The average molecular weight is 575 g/mol. The molecule has 1 aromatic carbocycles. The van der Waals surface area contributed by atoms with Crippen LogP contribution in [0.1, 0.15) is 43.2 Å². The molecule has 6 nitrogen and oxygen atoms in total. The van der Waals surface area contributed by atoms with Gasteiger partial charge in [-0.25, -0.2) is 0 Å². The number of hydrogen-bond donors (Lipinski definition) is 2. The number of ether oxygens (including phenoxy) is 2. The van der Waals surface area contributed by atoms with Gasteiger partial charge in [0.15, 0.2) is 5.96 Å². The number of benzene rings is 1.